The van der Waals surface area contributed by atoms with Gasteiger partial charge in [-0.3, -0.25) is 4.79 Å². The SMILES string of the molecule is COC(=O)CCNCc1cc(F)ccc1C#N. The van der Waals surface area contributed by atoms with Gasteiger partial charge < -0.3 is 10.1 Å². The van der Waals surface area contributed by atoms with Crippen molar-refractivity contribution in [1.29, 1.82) is 5.26 Å². The molecule has 1 aromatic rings. The van der Waals surface area contributed by atoms with Crippen LogP contribution >= 0.6 is 0 Å². The van der Waals surface area contributed by atoms with Gasteiger partial charge in [0.2, 0.25) is 0 Å². The van der Waals surface area contributed by atoms with Crippen molar-refractivity contribution in [3.8, 4) is 6.07 Å². The Hall–Kier alpha value is -1.93. The third kappa shape index (κ3) is 4.21. The average molecular weight is 236 g/mol. The van der Waals surface area contributed by atoms with Gasteiger partial charge in [-0.1, -0.05) is 0 Å². The number of hydrogen-bond donors (Lipinski definition) is 1. The Labute approximate surface area is 99.0 Å². The first-order valence-corrected chi connectivity index (χ1v) is 5.13. The number of nitriles is 1. The predicted octanol–water partition coefficient (Wildman–Crippen LogP) is 1.35. The van der Waals surface area contributed by atoms with Crippen LogP contribution in [0.15, 0.2) is 18.2 Å². The molecular weight excluding hydrogens is 223 g/mol. The van der Waals surface area contributed by atoms with Gasteiger partial charge in [-0.2, -0.15) is 5.26 Å². The maximum atomic E-state index is 13.0. The van der Waals surface area contributed by atoms with Crippen LogP contribution in [0, 0.1) is 17.1 Å². The molecule has 0 heterocycles. The van der Waals surface area contributed by atoms with E-state index in [2.05, 4.69) is 10.1 Å². The van der Waals surface area contributed by atoms with Crippen LogP contribution in [0.25, 0.3) is 0 Å². The first-order valence-electron chi connectivity index (χ1n) is 5.13. The Bertz CT molecular complexity index is 441. The summed E-state index contributed by atoms with van der Waals surface area (Å²) in [5.74, 6) is -0.689. The first-order chi connectivity index (χ1) is 8.17. The van der Waals surface area contributed by atoms with E-state index in [0.717, 1.165) is 0 Å². The van der Waals surface area contributed by atoms with Crippen LogP contribution in [0.5, 0.6) is 0 Å². The van der Waals surface area contributed by atoms with Crippen molar-refractivity contribution in [3.63, 3.8) is 0 Å². The summed E-state index contributed by atoms with van der Waals surface area (Å²) in [5, 5.41) is 11.8. The lowest BCUT2D eigenvalue weighted by atomic mass is 10.1. The number of methoxy groups -OCH3 is 1. The molecule has 5 heteroatoms. The fourth-order valence-electron chi connectivity index (χ4n) is 1.33. The van der Waals surface area contributed by atoms with Gasteiger partial charge in [-0.15, -0.1) is 0 Å². The third-order valence-electron chi connectivity index (χ3n) is 2.24. The quantitative estimate of drug-likeness (QED) is 0.619. The van der Waals surface area contributed by atoms with Crippen molar-refractivity contribution in [2.45, 2.75) is 13.0 Å². The van der Waals surface area contributed by atoms with Gasteiger partial charge in [-0.25, -0.2) is 4.39 Å². The Balaban J connectivity index is 2.49. The lowest BCUT2D eigenvalue weighted by Gasteiger charge is -2.06. The van der Waals surface area contributed by atoms with Crippen molar-refractivity contribution in [2.75, 3.05) is 13.7 Å². The number of ether oxygens (including phenoxy) is 1. The van der Waals surface area contributed by atoms with Gasteiger partial charge in [0.05, 0.1) is 25.2 Å². The summed E-state index contributed by atoms with van der Waals surface area (Å²) in [6.45, 7) is 0.770. The largest absolute Gasteiger partial charge is 0.469 e. The zero-order valence-electron chi connectivity index (χ0n) is 9.50. The van der Waals surface area contributed by atoms with Crippen LogP contribution in [0.3, 0.4) is 0 Å². The molecule has 0 spiro atoms. The Morgan fingerprint density at radius 2 is 2.35 bits per heavy atom. The van der Waals surface area contributed by atoms with Crippen LogP contribution < -0.4 is 5.32 Å². The Morgan fingerprint density at radius 3 is 3.00 bits per heavy atom. The highest BCUT2D eigenvalue weighted by Crippen LogP contribution is 2.09. The van der Waals surface area contributed by atoms with Crippen molar-refractivity contribution in [3.05, 3.63) is 35.1 Å². The minimum absolute atomic E-state index is 0.244. The summed E-state index contributed by atoms with van der Waals surface area (Å²) in [6, 6.07) is 5.98. The van der Waals surface area contributed by atoms with Crippen molar-refractivity contribution in [2.24, 2.45) is 0 Å². The molecule has 0 aliphatic heterocycles. The van der Waals surface area contributed by atoms with E-state index in [9.17, 15) is 9.18 Å². The number of nitrogens with one attached hydrogen (secondary N) is 1. The van der Waals surface area contributed by atoms with E-state index in [1.807, 2.05) is 6.07 Å². The van der Waals surface area contributed by atoms with Gasteiger partial charge in [0.1, 0.15) is 5.82 Å². The highest BCUT2D eigenvalue weighted by Gasteiger charge is 2.04. The summed E-state index contributed by atoms with van der Waals surface area (Å²) < 4.78 is 17.4. The van der Waals surface area contributed by atoms with Gasteiger partial charge in [0.25, 0.3) is 0 Å². The standard InChI is InChI=1S/C12H13FN2O2/c1-17-12(16)4-5-15-8-10-6-11(13)3-2-9(10)7-14/h2-3,6,15H,4-5,8H2,1H3. The van der Waals surface area contributed by atoms with E-state index in [0.29, 0.717) is 24.2 Å². The lowest BCUT2D eigenvalue weighted by Crippen LogP contribution is -2.19. The molecule has 0 saturated carbocycles. The van der Waals surface area contributed by atoms with Gasteiger partial charge in [0.15, 0.2) is 0 Å². The molecule has 17 heavy (non-hydrogen) atoms. The molecule has 0 amide bonds. The number of carbonyl (C=O) groups is 1. The number of nitrogens with zero attached hydrogens (tertiary/aromatic N) is 1. The molecule has 0 bridgehead atoms. The molecule has 0 atom stereocenters. The van der Waals surface area contributed by atoms with Crippen LogP contribution in [0.4, 0.5) is 4.39 Å². The van der Waals surface area contributed by atoms with Crippen LogP contribution in [-0.4, -0.2) is 19.6 Å². The smallest absolute Gasteiger partial charge is 0.306 e. The fourth-order valence-corrected chi connectivity index (χ4v) is 1.33. The zero-order chi connectivity index (χ0) is 12.7. The molecule has 0 saturated heterocycles. The topological polar surface area (TPSA) is 62.1 Å². The third-order valence-corrected chi connectivity index (χ3v) is 2.24. The minimum atomic E-state index is -0.381. The molecule has 90 valence electrons. The van der Waals surface area contributed by atoms with Crippen molar-refractivity contribution < 1.29 is 13.9 Å². The molecule has 1 rings (SSSR count). The van der Waals surface area contributed by atoms with E-state index in [1.165, 1.54) is 25.3 Å². The highest BCUT2D eigenvalue weighted by atomic mass is 19.1. The predicted molar refractivity (Wildman–Crippen MR) is 59.5 cm³/mol. The summed E-state index contributed by atoms with van der Waals surface area (Å²) >= 11 is 0. The molecule has 0 unspecified atom stereocenters. The highest BCUT2D eigenvalue weighted by molar-refractivity contribution is 5.69. The van der Waals surface area contributed by atoms with E-state index in [1.54, 1.807) is 0 Å². The first kappa shape index (κ1) is 13.1. The monoisotopic (exact) mass is 236 g/mol. The van der Waals surface area contributed by atoms with Crippen LogP contribution in [-0.2, 0) is 16.1 Å². The maximum absolute atomic E-state index is 13.0. The number of carbonyl (C=O) groups excluding carboxylic acids is 1. The molecule has 0 fully saturated rings. The maximum Gasteiger partial charge on any atom is 0.306 e. The summed E-state index contributed by atoms with van der Waals surface area (Å²) in [6.07, 6.45) is 0.244. The Kier molecular flexibility index (Phi) is 5.11. The van der Waals surface area contributed by atoms with Gasteiger partial charge in [0, 0.05) is 13.1 Å². The molecule has 0 aliphatic carbocycles. The second-order valence-electron chi connectivity index (χ2n) is 3.42. The van der Waals surface area contributed by atoms with E-state index >= 15 is 0 Å². The Morgan fingerprint density at radius 1 is 1.59 bits per heavy atom. The number of rotatable bonds is 5. The van der Waals surface area contributed by atoms with E-state index < -0.39 is 0 Å². The number of hydrogen-bond acceptors (Lipinski definition) is 4. The normalized spacial score (nSPS) is 9.71. The molecule has 4 nitrogen and oxygen atoms in total. The molecule has 1 aromatic carbocycles. The molecule has 0 aromatic heterocycles. The van der Waals surface area contributed by atoms with Crippen molar-refractivity contribution in [1.82, 2.24) is 5.32 Å². The number of halogens is 1. The van der Waals surface area contributed by atoms with Crippen LogP contribution in [0.2, 0.25) is 0 Å². The molecule has 1 N–H and O–H groups in total. The lowest BCUT2D eigenvalue weighted by molar-refractivity contribution is -0.140. The van der Waals surface area contributed by atoms with E-state index in [-0.39, 0.29) is 18.2 Å². The van der Waals surface area contributed by atoms with E-state index in [4.69, 9.17) is 5.26 Å². The zero-order valence-corrected chi connectivity index (χ0v) is 9.50. The second kappa shape index (κ2) is 6.61. The summed E-state index contributed by atoms with van der Waals surface area (Å²) in [7, 11) is 1.32. The van der Waals surface area contributed by atoms with Crippen LogP contribution in [0.1, 0.15) is 17.5 Å². The van der Waals surface area contributed by atoms with Crippen molar-refractivity contribution >= 4 is 5.97 Å². The molecule has 0 aliphatic rings. The summed E-state index contributed by atoms with van der Waals surface area (Å²) in [5.41, 5.74) is 1.01. The van der Waals surface area contributed by atoms with Gasteiger partial charge in [-0.05, 0) is 23.8 Å². The molecule has 0 radical (unpaired) electrons. The number of benzene rings is 1. The number of esters is 1. The summed E-state index contributed by atoms with van der Waals surface area (Å²) in [4.78, 5) is 10.8. The average Bonchev–Trinajstić information content (AvgIpc) is 2.34. The molecular formula is C12H13FN2O2. The fraction of sp³-hybridized carbons (Fsp3) is 0.333. The van der Waals surface area contributed by atoms with Gasteiger partial charge >= 0.3 is 5.97 Å². The second-order valence-corrected chi connectivity index (χ2v) is 3.42. The minimum Gasteiger partial charge on any atom is -0.469 e.